The van der Waals surface area contributed by atoms with Crippen molar-refractivity contribution in [2.45, 2.75) is 31.1 Å². The van der Waals surface area contributed by atoms with E-state index in [1.807, 2.05) is 0 Å². The third-order valence-corrected chi connectivity index (χ3v) is 1.57. The highest BCUT2D eigenvalue weighted by molar-refractivity contribution is 6.11. The van der Waals surface area contributed by atoms with E-state index in [-0.39, 0.29) is 12.1 Å². The lowest BCUT2D eigenvalue weighted by Gasteiger charge is -2.09. The second-order valence-corrected chi connectivity index (χ2v) is 2.42. The molecular formula is C7H9BO2. The molecule has 52 valence electrons. The maximum Gasteiger partial charge on any atom is 0.109 e. The van der Waals surface area contributed by atoms with E-state index in [1.54, 1.807) is 0 Å². The Morgan fingerprint density at radius 3 is 2.90 bits per heavy atom. The molecule has 0 saturated carbocycles. The zero-order valence-corrected chi connectivity index (χ0v) is 5.66. The monoisotopic (exact) mass is 136 g/mol. The van der Waals surface area contributed by atoms with Crippen LogP contribution in [-0.2, 0) is 4.74 Å². The van der Waals surface area contributed by atoms with Crippen molar-refractivity contribution in [3.05, 3.63) is 0 Å². The highest BCUT2D eigenvalue weighted by Gasteiger charge is 2.29. The first kappa shape index (κ1) is 7.65. The van der Waals surface area contributed by atoms with Crippen LogP contribution in [-0.4, -0.2) is 31.2 Å². The third-order valence-electron chi connectivity index (χ3n) is 1.57. The SMILES string of the molecule is [B]C1CC(O)C(CC#C)O1. The van der Waals surface area contributed by atoms with Gasteiger partial charge in [0.2, 0.25) is 0 Å². The van der Waals surface area contributed by atoms with Crippen molar-refractivity contribution < 1.29 is 9.84 Å². The lowest BCUT2D eigenvalue weighted by molar-refractivity contribution is 0.0364. The third kappa shape index (κ3) is 1.53. The minimum Gasteiger partial charge on any atom is -0.390 e. The number of terminal acetylenes is 1. The van der Waals surface area contributed by atoms with Crippen LogP contribution in [0.25, 0.3) is 0 Å². The fraction of sp³-hybridized carbons (Fsp3) is 0.714. The summed E-state index contributed by atoms with van der Waals surface area (Å²) in [5.74, 6) is 2.42. The summed E-state index contributed by atoms with van der Waals surface area (Å²) in [6, 6.07) is -0.339. The standard InChI is InChI=1S/C7H9BO2/c1-2-3-6-5(9)4-7(8)10-6/h1,5-7,9H,3-4H2. The molecule has 1 rings (SSSR count). The van der Waals surface area contributed by atoms with Crippen LogP contribution in [0.5, 0.6) is 0 Å². The van der Waals surface area contributed by atoms with E-state index in [1.165, 1.54) is 0 Å². The molecule has 1 aliphatic rings. The highest BCUT2D eigenvalue weighted by Crippen LogP contribution is 2.19. The molecule has 2 radical (unpaired) electrons. The van der Waals surface area contributed by atoms with Crippen LogP contribution in [0.3, 0.4) is 0 Å². The van der Waals surface area contributed by atoms with Crippen LogP contribution in [0.2, 0.25) is 0 Å². The zero-order valence-electron chi connectivity index (χ0n) is 5.66. The van der Waals surface area contributed by atoms with E-state index < -0.39 is 6.10 Å². The van der Waals surface area contributed by atoms with Gasteiger partial charge in [0.05, 0.1) is 12.2 Å². The predicted octanol–water partition coefficient (Wildman–Crippen LogP) is -0.346. The molecular weight excluding hydrogens is 127 g/mol. The first-order valence-corrected chi connectivity index (χ1v) is 3.26. The summed E-state index contributed by atoms with van der Waals surface area (Å²) in [6.45, 7) is 0. The Morgan fingerprint density at radius 2 is 2.50 bits per heavy atom. The molecule has 3 heteroatoms. The molecule has 0 amide bonds. The van der Waals surface area contributed by atoms with Crippen LogP contribution in [0, 0.1) is 12.3 Å². The molecule has 10 heavy (non-hydrogen) atoms. The average molecular weight is 136 g/mol. The normalized spacial score (nSPS) is 39.4. The van der Waals surface area contributed by atoms with Crippen molar-refractivity contribution >= 4 is 7.85 Å². The van der Waals surface area contributed by atoms with Crippen LogP contribution >= 0.6 is 0 Å². The summed E-state index contributed by atoms with van der Waals surface area (Å²) >= 11 is 0. The fourth-order valence-corrected chi connectivity index (χ4v) is 1.06. The first-order chi connectivity index (χ1) is 4.74. The van der Waals surface area contributed by atoms with Crippen LogP contribution in [0.15, 0.2) is 0 Å². The summed E-state index contributed by atoms with van der Waals surface area (Å²) in [4.78, 5) is 0. The van der Waals surface area contributed by atoms with Crippen molar-refractivity contribution in [3.63, 3.8) is 0 Å². The topological polar surface area (TPSA) is 29.5 Å². The zero-order chi connectivity index (χ0) is 7.56. The Bertz CT molecular complexity index is 152. The number of ether oxygens (including phenoxy) is 1. The van der Waals surface area contributed by atoms with Crippen molar-refractivity contribution in [2.24, 2.45) is 0 Å². The van der Waals surface area contributed by atoms with Gasteiger partial charge in [0.25, 0.3) is 0 Å². The Morgan fingerprint density at radius 1 is 1.80 bits per heavy atom. The van der Waals surface area contributed by atoms with E-state index in [0.29, 0.717) is 12.8 Å². The van der Waals surface area contributed by atoms with Crippen LogP contribution in [0.4, 0.5) is 0 Å². The quantitative estimate of drug-likeness (QED) is 0.394. The fourth-order valence-electron chi connectivity index (χ4n) is 1.06. The lowest BCUT2D eigenvalue weighted by Crippen LogP contribution is -2.19. The Hall–Kier alpha value is -0.455. The first-order valence-electron chi connectivity index (χ1n) is 3.26. The van der Waals surface area contributed by atoms with Gasteiger partial charge in [-0.1, -0.05) is 0 Å². The summed E-state index contributed by atoms with van der Waals surface area (Å²) < 4.78 is 5.10. The van der Waals surface area contributed by atoms with Gasteiger partial charge in [0.15, 0.2) is 0 Å². The van der Waals surface area contributed by atoms with E-state index in [2.05, 4.69) is 5.92 Å². The van der Waals surface area contributed by atoms with E-state index in [9.17, 15) is 5.11 Å². The van der Waals surface area contributed by atoms with Crippen LogP contribution < -0.4 is 0 Å². The van der Waals surface area contributed by atoms with Crippen LogP contribution in [0.1, 0.15) is 12.8 Å². The van der Waals surface area contributed by atoms with E-state index in [0.717, 1.165) is 0 Å². The molecule has 2 nitrogen and oxygen atoms in total. The molecule has 0 aromatic rings. The molecule has 1 aliphatic heterocycles. The largest absolute Gasteiger partial charge is 0.390 e. The van der Waals surface area contributed by atoms with Gasteiger partial charge >= 0.3 is 0 Å². The second kappa shape index (κ2) is 3.09. The van der Waals surface area contributed by atoms with Gasteiger partial charge < -0.3 is 9.84 Å². The van der Waals surface area contributed by atoms with Gasteiger partial charge in [-0.2, -0.15) is 0 Å². The number of rotatable bonds is 1. The van der Waals surface area contributed by atoms with Crippen molar-refractivity contribution in [3.8, 4) is 12.3 Å². The number of aliphatic hydroxyl groups is 1. The van der Waals surface area contributed by atoms with E-state index in [4.69, 9.17) is 19.0 Å². The van der Waals surface area contributed by atoms with Gasteiger partial charge in [-0.05, 0) is 6.42 Å². The molecule has 0 spiro atoms. The Kier molecular flexibility index (Phi) is 2.36. The number of hydrogen-bond acceptors (Lipinski definition) is 2. The molecule has 0 aromatic carbocycles. The molecule has 0 aromatic heterocycles. The van der Waals surface area contributed by atoms with Crippen molar-refractivity contribution in [1.82, 2.24) is 0 Å². The summed E-state index contributed by atoms with van der Waals surface area (Å²) in [7, 11) is 5.40. The number of aliphatic hydroxyl groups excluding tert-OH is 1. The van der Waals surface area contributed by atoms with Gasteiger partial charge in [-0.15, -0.1) is 12.3 Å². The summed E-state index contributed by atoms with van der Waals surface area (Å²) in [6.07, 6.45) is 5.24. The van der Waals surface area contributed by atoms with E-state index >= 15 is 0 Å². The van der Waals surface area contributed by atoms with Crippen molar-refractivity contribution in [2.75, 3.05) is 0 Å². The molecule has 1 saturated heterocycles. The second-order valence-electron chi connectivity index (χ2n) is 2.42. The molecule has 0 bridgehead atoms. The van der Waals surface area contributed by atoms with Gasteiger partial charge in [-0.25, -0.2) is 0 Å². The molecule has 1 heterocycles. The molecule has 3 unspecified atom stereocenters. The molecule has 1 N–H and O–H groups in total. The maximum absolute atomic E-state index is 9.19. The minimum atomic E-state index is -0.481. The molecule has 3 atom stereocenters. The van der Waals surface area contributed by atoms with Gasteiger partial charge in [-0.3, -0.25) is 0 Å². The summed E-state index contributed by atoms with van der Waals surface area (Å²) in [5, 5.41) is 9.19. The number of hydrogen-bond donors (Lipinski definition) is 1. The minimum absolute atomic E-state index is 0.250. The average Bonchev–Trinajstić information content (AvgIpc) is 2.13. The molecule has 0 aliphatic carbocycles. The highest BCUT2D eigenvalue weighted by atomic mass is 16.5. The molecule has 1 fully saturated rings. The Balaban J connectivity index is 2.40. The Labute approximate surface area is 62.0 Å². The van der Waals surface area contributed by atoms with Crippen molar-refractivity contribution in [1.29, 1.82) is 0 Å². The maximum atomic E-state index is 9.19. The van der Waals surface area contributed by atoms with Gasteiger partial charge in [0, 0.05) is 12.4 Å². The predicted molar refractivity (Wildman–Crippen MR) is 38.5 cm³/mol. The lowest BCUT2D eigenvalue weighted by atomic mass is 9.96. The van der Waals surface area contributed by atoms with Gasteiger partial charge in [0.1, 0.15) is 7.85 Å². The summed E-state index contributed by atoms with van der Waals surface area (Å²) in [5.41, 5.74) is 0. The smallest absolute Gasteiger partial charge is 0.109 e.